The lowest BCUT2D eigenvalue weighted by Gasteiger charge is -2.29. The summed E-state index contributed by atoms with van der Waals surface area (Å²) in [5.41, 5.74) is 0.864. The Morgan fingerprint density at radius 2 is 2.00 bits per heavy atom. The molecule has 1 aromatic heterocycles. The van der Waals surface area contributed by atoms with Crippen LogP contribution in [0.2, 0.25) is 0 Å². The highest BCUT2D eigenvalue weighted by Crippen LogP contribution is 2.22. The van der Waals surface area contributed by atoms with Gasteiger partial charge in [0.25, 0.3) is 0 Å². The third-order valence-electron chi connectivity index (χ3n) is 4.35. The summed E-state index contributed by atoms with van der Waals surface area (Å²) < 4.78 is 6.87. The lowest BCUT2D eigenvalue weighted by Crippen LogP contribution is -2.42. The molecule has 1 unspecified atom stereocenters. The standard InChI is InChI=1S/C16H21N5O2/c1-23-14-9-7-13(8-10-14)18-16(22)15(21-11-17-19-20-21)12-5-3-2-4-6-12/h2-6,11,13-15H,7-10H2,1H3,(H,18,22). The van der Waals surface area contributed by atoms with E-state index in [-0.39, 0.29) is 11.9 Å². The molecule has 1 aliphatic carbocycles. The van der Waals surface area contributed by atoms with Gasteiger partial charge >= 0.3 is 0 Å². The van der Waals surface area contributed by atoms with E-state index >= 15 is 0 Å². The van der Waals surface area contributed by atoms with Gasteiger partial charge in [-0.05, 0) is 41.7 Å². The number of carbonyl (C=O) groups is 1. The molecule has 1 heterocycles. The van der Waals surface area contributed by atoms with Crippen molar-refractivity contribution in [3.05, 3.63) is 42.2 Å². The van der Waals surface area contributed by atoms with Gasteiger partial charge in [-0.25, -0.2) is 4.68 Å². The summed E-state index contributed by atoms with van der Waals surface area (Å²) in [5.74, 6) is -0.0793. The Labute approximate surface area is 135 Å². The molecule has 7 heteroatoms. The third-order valence-corrected chi connectivity index (χ3v) is 4.35. The number of ether oxygens (including phenoxy) is 1. The predicted molar refractivity (Wildman–Crippen MR) is 83.6 cm³/mol. The number of hydrogen-bond donors (Lipinski definition) is 1. The van der Waals surface area contributed by atoms with Gasteiger partial charge in [-0.3, -0.25) is 4.79 Å². The van der Waals surface area contributed by atoms with Crippen molar-refractivity contribution in [1.29, 1.82) is 0 Å². The molecule has 1 amide bonds. The molecule has 1 aromatic carbocycles. The molecule has 0 aliphatic heterocycles. The molecule has 0 bridgehead atoms. The first-order chi connectivity index (χ1) is 11.3. The van der Waals surface area contributed by atoms with Crippen molar-refractivity contribution in [1.82, 2.24) is 25.5 Å². The van der Waals surface area contributed by atoms with Crippen LogP contribution in [0, 0.1) is 0 Å². The van der Waals surface area contributed by atoms with Gasteiger partial charge in [0.15, 0.2) is 6.04 Å². The maximum Gasteiger partial charge on any atom is 0.249 e. The van der Waals surface area contributed by atoms with E-state index in [1.165, 1.54) is 11.0 Å². The zero-order valence-electron chi connectivity index (χ0n) is 13.1. The Balaban J connectivity index is 1.72. The van der Waals surface area contributed by atoms with Crippen LogP contribution >= 0.6 is 0 Å². The number of benzene rings is 1. The molecule has 7 nitrogen and oxygen atoms in total. The van der Waals surface area contributed by atoms with E-state index in [0.717, 1.165) is 31.2 Å². The Morgan fingerprint density at radius 3 is 2.61 bits per heavy atom. The summed E-state index contributed by atoms with van der Waals surface area (Å²) in [4.78, 5) is 12.8. The number of amides is 1. The number of hydrogen-bond acceptors (Lipinski definition) is 5. The van der Waals surface area contributed by atoms with Crippen LogP contribution in [-0.2, 0) is 9.53 Å². The van der Waals surface area contributed by atoms with E-state index in [1.54, 1.807) is 7.11 Å². The number of nitrogens with one attached hydrogen (secondary N) is 1. The van der Waals surface area contributed by atoms with Crippen LogP contribution in [0.25, 0.3) is 0 Å². The first-order valence-corrected chi connectivity index (χ1v) is 7.88. The number of aromatic nitrogens is 4. The van der Waals surface area contributed by atoms with Crippen LogP contribution in [0.3, 0.4) is 0 Å². The van der Waals surface area contributed by atoms with Crippen LogP contribution in [-0.4, -0.2) is 45.4 Å². The van der Waals surface area contributed by atoms with Gasteiger partial charge in [-0.2, -0.15) is 0 Å². The number of nitrogens with zero attached hydrogens (tertiary/aromatic N) is 4. The van der Waals surface area contributed by atoms with Crippen molar-refractivity contribution in [3.8, 4) is 0 Å². The lowest BCUT2D eigenvalue weighted by atomic mass is 9.92. The molecule has 2 aromatic rings. The molecule has 3 rings (SSSR count). The SMILES string of the molecule is COC1CCC(NC(=O)C(c2ccccc2)n2cnnn2)CC1. The van der Waals surface area contributed by atoms with Gasteiger partial charge in [0.1, 0.15) is 6.33 Å². The normalized spacial score (nSPS) is 22.5. The van der Waals surface area contributed by atoms with Crippen LogP contribution in [0.4, 0.5) is 0 Å². The average Bonchev–Trinajstić information content (AvgIpc) is 3.11. The van der Waals surface area contributed by atoms with E-state index in [9.17, 15) is 4.79 Å². The summed E-state index contributed by atoms with van der Waals surface area (Å²) >= 11 is 0. The van der Waals surface area contributed by atoms with E-state index in [2.05, 4.69) is 20.8 Å². The molecule has 1 saturated carbocycles. The fourth-order valence-electron chi connectivity index (χ4n) is 3.07. The second-order valence-electron chi connectivity index (χ2n) is 5.82. The second kappa shape index (κ2) is 7.32. The van der Waals surface area contributed by atoms with Crippen molar-refractivity contribution in [2.24, 2.45) is 0 Å². The van der Waals surface area contributed by atoms with Gasteiger partial charge in [0, 0.05) is 13.2 Å². The van der Waals surface area contributed by atoms with Crippen molar-refractivity contribution >= 4 is 5.91 Å². The maximum atomic E-state index is 12.8. The third kappa shape index (κ3) is 3.73. The molecule has 1 fully saturated rings. The number of rotatable bonds is 5. The fraction of sp³-hybridized carbons (Fsp3) is 0.500. The van der Waals surface area contributed by atoms with E-state index in [0.29, 0.717) is 6.10 Å². The van der Waals surface area contributed by atoms with Gasteiger partial charge in [0.2, 0.25) is 5.91 Å². The minimum atomic E-state index is -0.550. The van der Waals surface area contributed by atoms with Gasteiger partial charge < -0.3 is 10.1 Å². The highest BCUT2D eigenvalue weighted by atomic mass is 16.5. The maximum absolute atomic E-state index is 12.8. The smallest absolute Gasteiger partial charge is 0.249 e. The summed E-state index contributed by atoms with van der Waals surface area (Å²) in [5, 5.41) is 14.4. The monoisotopic (exact) mass is 315 g/mol. The lowest BCUT2D eigenvalue weighted by molar-refractivity contribution is -0.124. The molecule has 1 atom stereocenters. The number of methoxy groups -OCH3 is 1. The Hall–Kier alpha value is -2.28. The molecule has 1 aliphatic rings. The molecular formula is C16H21N5O2. The first kappa shape index (κ1) is 15.6. The van der Waals surface area contributed by atoms with Crippen molar-refractivity contribution in [2.75, 3.05) is 7.11 Å². The zero-order chi connectivity index (χ0) is 16.1. The summed E-state index contributed by atoms with van der Waals surface area (Å²) in [7, 11) is 1.74. The van der Waals surface area contributed by atoms with Crippen LogP contribution < -0.4 is 5.32 Å². The number of carbonyl (C=O) groups excluding carboxylic acids is 1. The van der Waals surface area contributed by atoms with Crippen LogP contribution in [0.1, 0.15) is 37.3 Å². The highest BCUT2D eigenvalue weighted by molar-refractivity contribution is 5.83. The van der Waals surface area contributed by atoms with E-state index in [1.807, 2.05) is 30.3 Å². The zero-order valence-corrected chi connectivity index (χ0v) is 13.1. The minimum Gasteiger partial charge on any atom is -0.381 e. The second-order valence-corrected chi connectivity index (χ2v) is 5.82. The fourth-order valence-corrected chi connectivity index (χ4v) is 3.07. The van der Waals surface area contributed by atoms with Crippen molar-refractivity contribution < 1.29 is 9.53 Å². The summed E-state index contributed by atoms with van der Waals surface area (Å²) in [6.45, 7) is 0. The van der Waals surface area contributed by atoms with Crippen LogP contribution in [0.15, 0.2) is 36.7 Å². The Morgan fingerprint density at radius 1 is 1.26 bits per heavy atom. The van der Waals surface area contributed by atoms with Crippen LogP contribution in [0.5, 0.6) is 0 Å². The Bertz CT molecular complexity index is 609. The van der Waals surface area contributed by atoms with Gasteiger partial charge in [-0.15, -0.1) is 5.10 Å². The van der Waals surface area contributed by atoms with Crippen molar-refractivity contribution in [3.63, 3.8) is 0 Å². The predicted octanol–water partition coefficient (Wildman–Crippen LogP) is 1.34. The average molecular weight is 315 g/mol. The largest absolute Gasteiger partial charge is 0.381 e. The van der Waals surface area contributed by atoms with E-state index in [4.69, 9.17) is 4.74 Å². The summed E-state index contributed by atoms with van der Waals surface area (Å²) in [6, 6.07) is 9.18. The highest BCUT2D eigenvalue weighted by Gasteiger charge is 2.28. The van der Waals surface area contributed by atoms with Crippen molar-refractivity contribution in [2.45, 2.75) is 43.9 Å². The molecule has 23 heavy (non-hydrogen) atoms. The molecule has 1 N–H and O–H groups in total. The Kier molecular flexibility index (Phi) is 4.97. The minimum absolute atomic E-state index is 0.0793. The first-order valence-electron chi connectivity index (χ1n) is 7.88. The molecule has 122 valence electrons. The van der Waals surface area contributed by atoms with Gasteiger partial charge in [-0.1, -0.05) is 30.3 Å². The molecular weight excluding hydrogens is 294 g/mol. The topological polar surface area (TPSA) is 81.9 Å². The molecule has 0 radical (unpaired) electrons. The van der Waals surface area contributed by atoms with Gasteiger partial charge in [0.05, 0.1) is 6.10 Å². The summed E-state index contributed by atoms with van der Waals surface area (Å²) in [6.07, 6.45) is 5.60. The van der Waals surface area contributed by atoms with E-state index < -0.39 is 6.04 Å². The molecule has 0 saturated heterocycles. The molecule has 0 spiro atoms. The number of tetrazole rings is 1. The quantitative estimate of drug-likeness (QED) is 0.900.